The first-order valence-electron chi connectivity index (χ1n) is 2.49. The fraction of sp³-hybridized carbons (Fsp3) is 1.00. The van der Waals surface area contributed by atoms with Gasteiger partial charge in [0.25, 0.3) is 0 Å². The minimum Gasteiger partial charge on any atom is -0.382 e. The first kappa shape index (κ1) is 10.5. The quantitative estimate of drug-likeness (QED) is 0.440. The van der Waals surface area contributed by atoms with Gasteiger partial charge in [-0.05, 0) is 13.3 Å². The number of hydrogen-bond acceptors (Lipinski definition) is 1. The molecule has 0 aliphatic rings. The van der Waals surface area contributed by atoms with Crippen LogP contribution in [0.5, 0.6) is 0 Å². The summed E-state index contributed by atoms with van der Waals surface area (Å²) in [5, 5.41) is 0. The van der Waals surface area contributed by atoms with Crippen LogP contribution in [0.1, 0.15) is 20.3 Å². The van der Waals surface area contributed by atoms with Crippen LogP contribution in [-0.4, -0.2) is 13.2 Å². The molecule has 0 heterocycles. The molecule has 0 saturated carbocycles. The molecule has 0 aromatic heterocycles. The third-order valence-corrected chi connectivity index (χ3v) is 0.553. The molecular formula is C5H12OZn. The zero-order chi connectivity index (χ0) is 4.83. The Morgan fingerprint density at radius 3 is 2.00 bits per heavy atom. The van der Waals surface area contributed by atoms with Gasteiger partial charge in [0.2, 0.25) is 0 Å². The monoisotopic (exact) mass is 152 g/mol. The van der Waals surface area contributed by atoms with Gasteiger partial charge in [0, 0.05) is 32.7 Å². The molecule has 0 aromatic rings. The van der Waals surface area contributed by atoms with E-state index in [1.165, 1.54) is 0 Å². The van der Waals surface area contributed by atoms with Gasteiger partial charge < -0.3 is 4.74 Å². The molecule has 0 atom stereocenters. The summed E-state index contributed by atoms with van der Waals surface area (Å²) in [6.45, 7) is 5.88. The van der Waals surface area contributed by atoms with E-state index in [0.717, 1.165) is 19.6 Å². The molecule has 0 spiro atoms. The minimum atomic E-state index is 0. The predicted octanol–water partition coefficient (Wildman–Crippen LogP) is 1.43. The Morgan fingerprint density at radius 1 is 1.29 bits per heavy atom. The van der Waals surface area contributed by atoms with Gasteiger partial charge in [-0.3, -0.25) is 0 Å². The van der Waals surface area contributed by atoms with Gasteiger partial charge in [-0.15, -0.1) is 0 Å². The molecule has 0 N–H and O–H groups in total. The minimum absolute atomic E-state index is 0. The summed E-state index contributed by atoms with van der Waals surface area (Å²) in [5.74, 6) is 0. The molecule has 0 saturated heterocycles. The summed E-state index contributed by atoms with van der Waals surface area (Å²) in [6, 6.07) is 0. The maximum absolute atomic E-state index is 4.98. The Hall–Kier alpha value is 0.583. The zero-order valence-corrected chi connectivity index (χ0v) is 8.20. The summed E-state index contributed by atoms with van der Waals surface area (Å²) in [7, 11) is 0. The van der Waals surface area contributed by atoms with Crippen molar-refractivity contribution in [1.29, 1.82) is 0 Å². The van der Waals surface area contributed by atoms with Crippen LogP contribution in [-0.2, 0) is 24.2 Å². The Balaban J connectivity index is 0. The van der Waals surface area contributed by atoms with Crippen molar-refractivity contribution in [1.82, 2.24) is 0 Å². The van der Waals surface area contributed by atoms with E-state index < -0.39 is 0 Å². The van der Waals surface area contributed by atoms with Gasteiger partial charge in [-0.1, -0.05) is 6.92 Å². The second-order valence-electron chi connectivity index (χ2n) is 1.20. The smallest absolute Gasteiger partial charge is 0.0463 e. The molecule has 0 radical (unpaired) electrons. The summed E-state index contributed by atoms with van der Waals surface area (Å²) < 4.78 is 4.98. The van der Waals surface area contributed by atoms with Crippen LogP contribution in [0.25, 0.3) is 0 Å². The Labute approximate surface area is 58.2 Å². The zero-order valence-electron chi connectivity index (χ0n) is 5.24. The van der Waals surface area contributed by atoms with Gasteiger partial charge >= 0.3 is 0 Å². The average Bonchev–Trinajstić information content (AvgIpc) is 1.61. The molecule has 0 aliphatic heterocycles. The summed E-state index contributed by atoms with van der Waals surface area (Å²) in [4.78, 5) is 0. The third-order valence-electron chi connectivity index (χ3n) is 0.553. The van der Waals surface area contributed by atoms with Crippen molar-refractivity contribution < 1.29 is 24.2 Å². The van der Waals surface area contributed by atoms with Crippen molar-refractivity contribution >= 4 is 0 Å². The number of hydrogen-bond donors (Lipinski definition) is 0. The molecule has 0 aromatic carbocycles. The van der Waals surface area contributed by atoms with Crippen molar-refractivity contribution in [2.45, 2.75) is 20.3 Å². The van der Waals surface area contributed by atoms with Crippen LogP contribution < -0.4 is 0 Å². The van der Waals surface area contributed by atoms with E-state index >= 15 is 0 Å². The van der Waals surface area contributed by atoms with Crippen molar-refractivity contribution in [3.63, 3.8) is 0 Å². The standard InChI is InChI=1S/C5H12O.Zn/c1-3-5-6-4-2;/h3-5H2,1-2H3;. The van der Waals surface area contributed by atoms with Crippen molar-refractivity contribution in [3.8, 4) is 0 Å². The maximum atomic E-state index is 4.98. The molecule has 40 valence electrons. The van der Waals surface area contributed by atoms with E-state index in [1.807, 2.05) is 6.92 Å². The van der Waals surface area contributed by atoms with E-state index in [9.17, 15) is 0 Å². The van der Waals surface area contributed by atoms with Crippen LogP contribution in [0.3, 0.4) is 0 Å². The SMILES string of the molecule is CCCOCC.[Zn]. The topological polar surface area (TPSA) is 9.23 Å². The Kier molecular flexibility index (Phi) is 14.7. The van der Waals surface area contributed by atoms with E-state index in [4.69, 9.17) is 4.74 Å². The molecule has 0 amide bonds. The molecular weight excluding hydrogens is 141 g/mol. The first-order chi connectivity index (χ1) is 2.91. The van der Waals surface area contributed by atoms with Crippen LogP contribution in [0, 0.1) is 0 Å². The predicted molar refractivity (Wildman–Crippen MR) is 26.8 cm³/mol. The van der Waals surface area contributed by atoms with E-state index in [-0.39, 0.29) is 19.5 Å². The summed E-state index contributed by atoms with van der Waals surface area (Å²) in [6.07, 6.45) is 1.13. The van der Waals surface area contributed by atoms with Gasteiger partial charge in [-0.25, -0.2) is 0 Å². The van der Waals surface area contributed by atoms with Crippen LogP contribution in [0.2, 0.25) is 0 Å². The second kappa shape index (κ2) is 9.77. The fourth-order valence-corrected chi connectivity index (χ4v) is 0.289. The average molecular weight is 154 g/mol. The summed E-state index contributed by atoms with van der Waals surface area (Å²) >= 11 is 0. The third kappa shape index (κ3) is 10.8. The van der Waals surface area contributed by atoms with Gasteiger partial charge in [0.15, 0.2) is 0 Å². The molecule has 1 nitrogen and oxygen atoms in total. The molecule has 7 heavy (non-hydrogen) atoms. The van der Waals surface area contributed by atoms with Gasteiger partial charge in [0.1, 0.15) is 0 Å². The van der Waals surface area contributed by atoms with Crippen LogP contribution in [0.15, 0.2) is 0 Å². The molecule has 0 aliphatic carbocycles. The summed E-state index contributed by atoms with van der Waals surface area (Å²) in [5.41, 5.74) is 0. The second-order valence-corrected chi connectivity index (χ2v) is 1.20. The van der Waals surface area contributed by atoms with E-state index in [0.29, 0.717) is 0 Å². The number of ether oxygens (including phenoxy) is 1. The molecule has 0 fully saturated rings. The maximum Gasteiger partial charge on any atom is 0.0463 e. The van der Waals surface area contributed by atoms with Crippen LogP contribution >= 0.6 is 0 Å². The van der Waals surface area contributed by atoms with Crippen molar-refractivity contribution in [3.05, 3.63) is 0 Å². The molecule has 0 unspecified atom stereocenters. The molecule has 0 bridgehead atoms. The van der Waals surface area contributed by atoms with Crippen LogP contribution in [0.4, 0.5) is 0 Å². The van der Waals surface area contributed by atoms with Gasteiger partial charge in [0.05, 0.1) is 0 Å². The fourth-order valence-electron chi connectivity index (χ4n) is 0.289. The van der Waals surface area contributed by atoms with Crippen molar-refractivity contribution in [2.75, 3.05) is 13.2 Å². The normalized spacial score (nSPS) is 7.71. The van der Waals surface area contributed by atoms with Crippen molar-refractivity contribution in [2.24, 2.45) is 0 Å². The van der Waals surface area contributed by atoms with Gasteiger partial charge in [-0.2, -0.15) is 0 Å². The van der Waals surface area contributed by atoms with E-state index in [1.54, 1.807) is 0 Å². The Morgan fingerprint density at radius 2 is 1.86 bits per heavy atom. The largest absolute Gasteiger partial charge is 0.382 e. The first-order valence-corrected chi connectivity index (χ1v) is 2.49. The number of rotatable bonds is 3. The Bertz CT molecular complexity index is 20.0. The molecule has 2 heteroatoms. The van der Waals surface area contributed by atoms with E-state index in [2.05, 4.69) is 6.92 Å². The molecule has 0 rings (SSSR count).